The molecule has 1 aliphatic heterocycles. The highest BCUT2D eigenvalue weighted by Crippen LogP contribution is 2.35. The SMILES string of the molecule is COc1ccccc1C(=O)Oc1ccc2c(c1)OC(=Cc1ccc(C(C)(C)C)cc1)C2=O. The molecule has 32 heavy (non-hydrogen) atoms. The van der Waals surface area contributed by atoms with Crippen LogP contribution >= 0.6 is 0 Å². The average molecular weight is 428 g/mol. The maximum absolute atomic E-state index is 12.7. The van der Waals surface area contributed by atoms with Gasteiger partial charge < -0.3 is 14.2 Å². The largest absolute Gasteiger partial charge is 0.496 e. The molecule has 1 aliphatic rings. The van der Waals surface area contributed by atoms with Crippen molar-refractivity contribution in [2.24, 2.45) is 0 Å². The summed E-state index contributed by atoms with van der Waals surface area (Å²) < 4.78 is 16.5. The molecule has 0 fully saturated rings. The van der Waals surface area contributed by atoms with Crippen LogP contribution in [0.25, 0.3) is 6.08 Å². The van der Waals surface area contributed by atoms with Gasteiger partial charge in [-0.1, -0.05) is 57.2 Å². The highest BCUT2D eigenvalue weighted by molar-refractivity contribution is 6.14. The van der Waals surface area contributed by atoms with Gasteiger partial charge in [0.05, 0.1) is 12.7 Å². The molecule has 0 spiro atoms. The van der Waals surface area contributed by atoms with E-state index in [1.54, 1.807) is 48.5 Å². The summed E-state index contributed by atoms with van der Waals surface area (Å²) in [6.45, 7) is 6.46. The predicted octanol–water partition coefficient (Wildman–Crippen LogP) is 5.83. The van der Waals surface area contributed by atoms with Crippen LogP contribution in [-0.2, 0) is 5.41 Å². The van der Waals surface area contributed by atoms with E-state index in [0.717, 1.165) is 5.56 Å². The molecule has 0 aromatic heterocycles. The highest BCUT2D eigenvalue weighted by Gasteiger charge is 2.28. The zero-order valence-electron chi connectivity index (χ0n) is 18.5. The molecule has 162 valence electrons. The maximum Gasteiger partial charge on any atom is 0.347 e. The summed E-state index contributed by atoms with van der Waals surface area (Å²) in [6, 6.07) is 19.6. The summed E-state index contributed by atoms with van der Waals surface area (Å²) in [5, 5.41) is 0. The van der Waals surface area contributed by atoms with Gasteiger partial charge in [0.15, 0.2) is 5.76 Å². The van der Waals surface area contributed by atoms with Gasteiger partial charge in [0.1, 0.15) is 22.8 Å². The van der Waals surface area contributed by atoms with Gasteiger partial charge >= 0.3 is 5.97 Å². The van der Waals surface area contributed by atoms with Crippen LogP contribution in [0.3, 0.4) is 0 Å². The second-order valence-corrected chi connectivity index (χ2v) is 8.56. The van der Waals surface area contributed by atoms with Crippen molar-refractivity contribution in [3.8, 4) is 17.2 Å². The van der Waals surface area contributed by atoms with Crippen LogP contribution in [-0.4, -0.2) is 18.9 Å². The van der Waals surface area contributed by atoms with Crippen molar-refractivity contribution in [3.05, 3.63) is 94.7 Å². The first-order valence-electron chi connectivity index (χ1n) is 10.3. The molecule has 0 unspecified atom stereocenters. The van der Waals surface area contributed by atoms with Crippen LogP contribution in [0, 0.1) is 0 Å². The Morgan fingerprint density at radius 2 is 1.69 bits per heavy atom. The second-order valence-electron chi connectivity index (χ2n) is 8.56. The molecule has 0 amide bonds. The summed E-state index contributed by atoms with van der Waals surface area (Å²) in [4.78, 5) is 25.3. The van der Waals surface area contributed by atoms with Gasteiger partial charge in [-0.25, -0.2) is 4.79 Å². The first-order valence-corrected chi connectivity index (χ1v) is 10.3. The van der Waals surface area contributed by atoms with Gasteiger partial charge in [-0.2, -0.15) is 0 Å². The molecular weight excluding hydrogens is 404 g/mol. The molecule has 0 N–H and O–H groups in total. The lowest BCUT2D eigenvalue weighted by molar-refractivity contribution is 0.0731. The number of Topliss-reactive ketones (excluding diaryl/α,β-unsaturated/α-hetero) is 1. The number of benzene rings is 3. The molecule has 0 aliphatic carbocycles. The third-order valence-corrected chi connectivity index (χ3v) is 5.25. The number of allylic oxidation sites excluding steroid dienone is 1. The smallest absolute Gasteiger partial charge is 0.347 e. The van der Waals surface area contributed by atoms with Crippen molar-refractivity contribution >= 4 is 17.8 Å². The van der Waals surface area contributed by atoms with E-state index in [1.807, 2.05) is 24.3 Å². The predicted molar refractivity (Wildman–Crippen MR) is 122 cm³/mol. The Bertz CT molecular complexity index is 1210. The van der Waals surface area contributed by atoms with Crippen LogP contribution in [0.15, 0.2) is 72.5 Å². The summed E-state index contributed by atoms with van der Waals surface area (Å²) in [7, 11) is 1.49. The van der Waals surface area contributed by atoms with Gasteiger partial charge in [0.25, 0.3) is 0 Å². The van der Waals surface area contributed by atoms with Crippen molar-refractivity contribution in [1.29, 1.82) is 0 Å². The minimum Gasteiger partial charge on any atom is -0.496 e. The van der Waals surface area contributed by atoms with Crippen molar-refractivity contribution in [2.45, 2.75) is 26.2 Å². The number of hydrogen-bond donors (Lipinski definition) is 0. The fourth-order valence-electron chi connectivity index (χ4n) is 3.44. The molecule has 1 heterocycles. The Morgan fingerprint density at radius 3 is 2.38 bits per heavy atom. The molecule has 4 rings (SSSR count). The van der Waals surface area contributed by atoms with Gasteiger partial charge in [-0.15, -0.1) is 0 Å². The standard InChI is InChI=1S/C27H24O5/c1-27(2,3)18-11-9-17(10-12-18)15-24-25(28)20-14-13-19(16-23(20)32-24)31-26(29)21-7-5-6-8-22(21)30-4/h5-16H,1-4H3. The normalized spacial score (nSPS) is 14.1. The Morgan fingerprint density at radius 1 is 0.969 bits per heavy atom. The lowest BCUT2D eigenvalue weighted by atomic mass is 9.86. The number of para-hydroxylation sites is 1. The van der Waals surface area contributed by atoms with Crippen molar-refractivity contribution in [1.82, 2.24) is 0 Å². The number of rotatable bonds is 4. The molecule has 5 nitrogen and oxygen atoms in total. The van der Waals surface area contributed by atoms with E-state index in [-0.39, 0.29) is 22.7 Å². The zero-order valence-corrected chi connectivity index (χ0v) is 18.5. The first-order chi connectivity index (χ1) is 15.3. The molecule has 0 saturated heterocycles. The lowest BCUT2D eigenvalue weighted by Crippen LogP contribution is -2.10. The second kappa shape index (κ2) is 8.35. The van der Waals surface area contributed by atoms with Crippen molar-refractivity contribution in [3.63, 3.8) is 0 Å². The molecule has 3 aromatic rings. The molecular formula is C27H24O5. The molecule has 5 heteroatoms. The topological polar surface area (TPSA) is 61.8 Å². The minimum atomic E-state index is -0.554. The third-order valence-electron chi connectivity index (χ3n) is 5.25. The number of carbonyl (C=O) groups excluding carboxylic acids is 2. The summed E-state index contributed by atoms with van der Waals surface area (Å²) in [6.07, 6.45) is 1.72. The maximum atomic E-state index is 12.7. The van der Waals surface area contributed by atoms with E-state index in [4.69, 9.17) is 14.2 Å². The van der Waals surface area contributed by atoms with Crippen molar-refractivity contribution in [2.75, 3.05) is 7.11 Å². The van der Waals surface area contributed by atoms with Crippen LogP contribution in [0.5, 0.6) is 17.2 Å². The van der Waals surface area contributed by atoms with E-state index in [0.29, 0.717) is 22.6 Å². The monoisotopic (exact) mass is 428 g/mol. The number of ketones is 1. The zero-order chi connectivity index (χ0) is 22.9. The van der Waals surface area contributed by atoms with E-state index in [9.17, 15) is 9.59 Å². The first kappa shape index (κ1) is 21.4. The fourth-order valence-corrected chi connectivity index (χ4v) is 3.44. The Hall–Kier alpha value is -3.86. The molecule has 0 saturated carbocycles. The number of carbonyl (C=O) groups is 2. The van der Waals surface area contributed by atoms with Gasteiger partial charge in [0.2, 0.25) is 5.78 Å². The van der Waals surface area contributed by atoms with E-state index >= 15 is 0 Å². The number of hydrogen-bond acceptors (Lipinski definition) is 5. The van der Waals surface area contributed by atoms with E-state index < -0.39 is 5.97 Å². The minimum absolute atomic E-state index is 0.0548. The number of methoxy groups -OCH3 is 1. The summed E-state index contributed by atoms with van der Waals surface area (Å²) >= 11 is 0. The van der Waals surface area contributed by atoms with E-state index in [2.05, 4.69) is 20.8 Å². The number of ether oxygens (including phenoxy) is 3. The molecule has 0 atom stereocenters. The third kappa shape index (κ3) is 4.28. The number of fused-ring (bicyclic) bond motifs is 1. The summed E-state index contributed by atoms with van der Waals surface area (Å²) in [5.41, 5.74) is 2.88. The number of esters is 1. The van der Waals surface area contributed by atoms with Crippen LogP contribution in [0.2, 0.25) is 0 Å². The highest BCUT2D eigenvalue weighted by atomic mass is 16.5. The van der Waals surface area contributed by atoms with Gasteiger partial charge in [-0.05, 0) is 46.9 Å². The van der Waals surface area contributed by atoms with Gasteiger partial charge in [0, 0.05) is 6.07 Å². The lowest BCUT2D eigenvalue weighted by Gasteiger charge is -2.18. The summed E-state index contributed by atoms with van der Waals surface area (Å²) in [5.74, 6) is 0.537. The van der Waals surface area contributed by atoms with Crippen LogP contribution < -0.4 is 14.2 Å². The quantitative estimate of drug-likeness (QED) is 0.297. The molecule has 0 bridgehead atoms. The molecule has 3 aromatic carbocycles. The van der Waals surface area contributed by atoms with Gasteiger partial charge in [-0.3, -0.25) is 4.79 Å². The van der Waals surface area contributed by atoms with E-state index in [1.165, 1.54) is 12.7 Å². The van der Waals surface area contributed by atoms with Crippen LogP contribution in [0.1, 0.15) is 52.6 Å². The van der Waals surface area contributed by atoms with Crippen LogP contribution in [0.4, 0.5) is 0 Å². The Kier molecular flexibility index (Phi) is 5.57. The Balaban J connectivity index is 1.53. The average Bonchev–Trinajstić information content (AvgIpc) is 3.08. The Labute approximate surface area is 187 Å². The van der Waals surface area contributed by atoms with Crippen molar-refractivity contribution < 1.29 is 23.8 Å². The fraction of sp³-hybridized carbons (Fsp3) is 0.185. The molecule has 0 radical (unpaired) electrons.